The Kier molecular flexibility index (Phi) is 4.39. The van der Waals surface area contributed by atoms with E-state index in [1.165, 1.54) is 11.6 Å². The largest absolute Gasteiger partial charge is 0.508 e. The molecule has 0 aliphatic heterocycles. The minimum Gasteiger partial charge on any atom is -0.508 e. The van der Waals surface area contributed by atoms with Gasteiger partial charge in [0.05, 0.1) is 0 Å². The third-order valence-corrected chi connectivity index (χ3v) is 2.93. The second-order valence-corrected chi connectivity index (χ2v) is 4.62. The molecule has 0 aliphatic rings. The molecule has 0 heterocycles. The fourth-order valence-electron chi connectivity index (χ4n) is 2.02. The van der Waals surface area contributed by atoms with Gasteiger partial charge in [-0.05, 0) is 41.8 Å². The summed E-state index contributed by atoms with van der Waals surface area (Å²) in [5.41, 5.74) is 3.02. The summed E-state index contributed by atoms with van der Waals surface area (Å²) >= 11 is 0. The van der Waals surface area contributed by atoms with Gasteiger partial charge in [-0.1, -0.05) is 25.5 Å². The number of aromatic hydroxyl groups is 1. The lowest BCUT2D eigenvalue weighted by Gasteiger charge is -2.08. The highest BCUT2D eigenvalue weighted by Gasteiger charge is 2.00. The van der Waals surface area contributed by atoms with Gasteiger partial charge in [-0.15, -0.1) is 0 Å². The Bertz CT molecular complexity index is 517. The summed E-state index contributed by atoms with van der Waals surface area (Å²) in [5, 5.41) is 12.5. The molecule has 2 nitrogen and oxygen atoms in total. The van der Waals surface area contributed by atoms with E-state index in [1.54, 1.807) is 6.07 Å². The van der Waals surface area contributed by atoms with Crippen LogP contribution < -0.4 is 5.32 Å². The lowest BCUT2D eigenvalue weighted by atomic mass is 10.1. The van der Waals surface area contributed by atoms with Gasteiger partial charge in [-0.25, -0.2) is 4.39 Å². The number of hydrogen-bond donors (Lipinski definition) is 2. The fraction of sp³-hybridized carbons (Fsp3) is 0.250. The smallest absolute Gasteiger partial charge is 0.127 e. The Balaban J connectivity index is 1.98. The second-order valence-electron chi connectivity index (χ2n) is 4.62. The van der Waals surface area contributed by atoms with Crippen molar-refractivity contribution in [3.8, 4) is 5.75 Å². The van der Waals surface area contributed by atoms with Crippen LogP contribution in [-0.4, -0.2) is 5.11 Å². The molecule has 19 heavy (non-hydrogen) atoms. The maximum Gasteiger partial charge on any atom is 0.127 e. The van der Waals surface area contributed by atoms with Gasteiger partial charge in [-0.3, -0.25) is 0 Å². The number of anilines is 1. The zero-order valence-corrected chi connectivity index (χ0v) is 11.0. The highest BCUT2D eigenvalue weighted by Crippen LogP contribution is 2.17. The van der Waals surface area contributed by atoms with Crippen LogP contribution >= 0.6 is 0 Å². The SMILES string of the molecule is CCCc1ccc(NCc2cc(O)cc(F)c2)cc1. The first-order chi connectivity index (χ1) is 9.17. The molecule has 0 radical (unpaired) electrons. The second kappa shape index (κ2) is 6.23. The molecule has 0 unspecified atom stereocenters. The van der Waals surface area contributed by atoms with E-state index < -0.39 is 5.82 Å². The zero-order valence-electron chi connectivity index (χ0n) is 11.0. The summed E-state index contributed by atoms with van der Waals surface area (Å²) in [6, 6.07) is 12.3. The number of phenols is 1. The van der Waals surface area contributed by atoms with Gasteiger partial charge >= 0.3 is 0 Å². The Labute approximate surface area is 112 Å². The monoisotopic (exact) mass is 259 g/mol. The fourth-order valence-corrected chi connectivity index (χ4v) is 2.02. The number of nitrogens with one attached hydrogen (secondary N) is 1. The van der Waals surface area contributed by atoms with E-state index in [-0.39, 0.29) is 5.75 Å². The van der Waals surface area contributed by atoms with E-state index in [1.807, 2.05) is 12.1 Å². The molecular weight excluding hydrogens is 241 g/mol. The van der Waals surface area contributed by atoms with Gasteiger partial charge < -0.3 is 10.4 Å². The van der Waals surface area contributed by atoms with E-state index >= 15 is 0 Å². The van der Waals surface area contributed by atoms with Crippen molar-refractivity contribution in [3.05, 3.63) is 59.4 Å². The molecule has 0 bridgehead atoms. The van der Waals surface area contributed by atoms with Crippen molar-refractivity contribution in [2.24, 2.45) is 0 Å². The molecule has 2 N–H and O–H groups in total. The highest BCUT2D eigenvalue weighted by molar-refractivity contribution is 5.45. The standard InChI is InChI=1S/C16H18FNO/c1-2-3-12-4-6-15(7-5-12)18-11-13-8-14(17)10-16(19)9-13/h4-10,18-19H,2-3,11H2,1H3. The normalized spacial score (nSPS) is 10.4. The molecule has 0 aliphatic carbocycles. The zero-order chi connectivity index (χ0) is 13.7. The van der Waals surface area contributed by atoms with Gasteiger partial charge in [-0.2, -0.15) is 0 Å². The summed E-state index contributed by atoms with van der Waals surface area (Å²) in [6.45, 7) is 2.64. The van der Waals surface area contributed by atoms with Gasteiger partial charge in [0.25, 0.3) is 0 Å². The molecule has 3 heteroatoms. The Morgan fingerprint density at radius 1 is 1.05 bits per heavy atom. The van der Waals surface area contributed by atoms with Crippen molar-refractivity contribution in [1.29, 1.82) is 0 Å². The molecule has 0 amide bonds. The highest BCUT2D eigenvalue weighted by atomic mass is 19.1. The number of rotatable bonds is 5. The van der Waals surface area contributed by atoms with Crippen LogP contribution in [0.2, 0.25) is 0 Å². The number of halogens is 1. The van der Waals surface area contributed by atoms with Crippen LogP contribution in [0.4, 0.5) is 10.1 Å². The van der Waals surface area contributed by atoms with E-state index in [0.717, 1.165) is 30.2 Å². The quantitative estimate of drug-likeness (QED) is 0.847. The van der Waals surface area contributed by atoms with Crippen LogP contribution in [0.15, 0.2) is 42.5 Å². The first-order valence-corrected chi connectivity index (χ1v) is 6.48. The topological polar surface area (TPSA) is 32.3 Å². The van der Waals surface area contributed by atoms with Crippen molar-refractivity contribution in [3.63, 3.8) is 0 Å². The Morgan fingerprint density at radius 2 is 1.79 bits per heavy atom. The first-order valence-electron chi connectivity index (χ1n) is 6.48. The van der Waals surface area contributed by atoms with Crippen molar-refractivity contribution in [2.45, 2.75) is 26.3 Å². The lowest BCUT2D eigenvalue weighted by Crippen LogP contribution is -1.99. The molecule has 2 aromatic rings. The van der Waals surface area contributed by atoms with Crippen LogP contribution in [-0.2, 0) is 13.0 Å². The molecule has 0 spiro atoms. The van der Waals surface area contributed by atoms with Gasteiger partial charge in [0.15, 0.2) is 0 Å². The van der Waals surface area contributed by atoms with Crippen LogP contribution in [0.3, 0.4) is 0 Å². The summed E-state index contributed by atoms with van der Waals surface area (Å²) < 4.78 is 13.1. The Hall–Kier alpha value is -2.03. The predicted octanol–water partition coefficient (Wildman–Crippen LogP) is 4.10. The van der Waals surface area contributed by atoms with Crippen LogP contribution in [0, 0.1) is 5.82 Å². The number of phenolic OH excluding ortho intramolecular Hbond substituents is 1. The maximum atomic E-state index is 13.1. The molecule has 0 fully saturated rings. The average Bonchev–Trinajstić information content (AvgIpc) is 2.37. The molecule has 0 saturated heterocycles. The molecule has 2 aromatic carbocycles. The summed E-state index contributed by atoms with van der Waals surface area (Å²) in [5.74, 6) is -0.467. The molecular formula is C16H18FNO. The third kappa shape index (κ3) is 3.98. The average molecular weight is 259 g/mol. The molecule has 2 rings (SSSR count). The molecule has 0 atom stereocenters. The van der Waals surface area contributed by atoms with Gasteiger partial charge in [0, 0.05) is 18.3 Å². The summed E-state index contributed by atoms with van der Waals surface area (Å²) in [7, 11) is 0. The van der Waals surface area contributed by atoms with E-state index in [9.17, 15) is 9.50 Å². The van der Waals surface area contributed by atoms with Gasteiger partial charge in [0.2, 0.25) is 0 Å². The molecule has 100 valence electrons. The van der Waals surface area contributed by atoms with E-state index in [0.29, 0.717) is 6.54 Å². The number of aryl methyl sites for hydroxylation is 1. The third-order valence-electron chi connectivity index (χ3n) is 2.93. The van der Waals surface area contributed by atoms with Crippen LogP contribution in [0.5, 0.6) is 5.75 Å². The molecule has 0 aromatic heterocycles. The van der Waals surface area contributed by atoms with Crippen LogP contribution in [0.1, 0.15) is 24.5 Å². The summed E-state index contributed by atoms with van der Waals surface area (Å²) in [6.07, 6.45) is 2.22. The van der Waals surface area contributed by atoms with Gasteiger partial charge in [0.1, 0.15) is 11.6 Å². The lowest BCUT2D eigenvalue weighted by molar-refractivity contribution is 0.468. The minimum atomic E-state index is -0.421. The number of hydrogen-bond acceptors (Lipinski definition) is 2. The van der Waals surface area contributed by atoms with Crippen molar-refractivity contribution in [2.75, 3.05) is 5.32 Å². The Morgan fingerprint density at radius 3 is 2.42 bits per heavy atom. The van der Waals surface area contributed by atoms with E-state index in [2.05, 4.69) is 24.4 Å². The maximum absolute atomic E-state index is 13.1. The first kappa shape index (κ1) is 13.4. The minimum absolute atomic E-state index is 0.0462. The van der Waals surface area contributed by atoms with Crippen LogP contribution in [0.25, 0.3) is 0 Å². The van der Waals surface area contributed by atoms with Crippen molar-refractivity contribution >= 4 is 5.69 Å². The molecule has 0 saturated carbocycles. The predicted molar refractivity (Wildman–Crippen MR) is 75.8 cm³/mol. The number of benzene rings is 2. The summed E-state index contributed by atoms with van der Waals surface area (Å²) in [4.78, 5) is 0. The van der Waals surface area contributed by atoms with Crippen molar-refractivity contribution < 1.29 is 9.50 Å². The van der Waals surface area contributed by atoms with E-state index in [4.69, 9.17) is 0 Å². The van der Waals surface area contributed by atoms with Crippen molar-refractivity contribution in [1.82, 2.24) is 0 Å².